The highest BCUT2D eigenvalue weighted by Gasteiger charge is 2.25. The third kappa shape index (κ3) is 5.07. The first-order valence-corrected chi connectivity index (χ1v) is 12.4. The number of urea groups is 1. The molecular formula is C24H31N5O2S. The molecule has 1 aliphatic heterocycles. The van der Waals surface area contributed by atoms with Crippen molar-refractivity contribution in [3.63, 3.8) is 0 Å². The Balaban J connectivity index is 1.01. The molecule has 2 fully saturated rings. The van der Waals surface area contributed by atoms with Crippen molar-refractivity contribution in [1.82, 2.24) is 14.6 Å². The number of piperazine rings is 1. The van der Waals surface area contributed by atoms with Crippen LogP contribution >= 0.6 is 11.5 Å². The minimum atomic E-state index is -0.172. The summed E-state index contributed by atoms with van der Waals surface area (Å²) in [6, 6.07) is 12.1. The van der Waals surface area contributed by atoms with Crippen LogP contribution in [0.15, 0.2) is 47.1 Å². The standard InChI is InChI=1S/C24H31N5O2S/c30-24(26-22-6-3-17-31-22)25-19-9-7-18(8-10-19)11-12-28-13-15-29(16-14-28)23-20-4-1-2-5-21(20)32-27-23/h1-6,17-19H,7-16H2,(H2,25,26,30). The van der Waals surface area contributed by atoms with E-state index in [9.17, 15) is 4.79 Å². The molecule has 5 rings (SSSR count). The van der Waals surface area contributed by atoms with Crippen molar-refractivity contribution in [3.8, 4) is 0 Å². The van der Waals surface area contributed by atoms with E-state index in [2.05, 4.69) is 44.7 Å². The van der Waals surface area contributed by atoms with Crippen LogP contribution in [0.4, 0.5) is 16.5 Å². The average Bonchev–Trinajstić information content (AvgIpc) is 3.49. The number of amides is 2. The predicted octanol–water partition coefficient (Wildman–Crippen LogP) is 4.78. The van der Waals surface area contributed by atoms with Gasteiger partial charge in [0.1, 0.15) is 5.82 Å². The van der Waals surface area contributed by atoms with Crippen LogP contribution < -0.4 is 15.5 Å². The van der Waals surface area contributed by atoms with Crippen LogP contribution in [0.1, 0.15) is 32.1 Å². The van der Waals surface area contributed by atoms with Gasteiger partial charge in [-0.3, -0.25) is 10.2 Å². The van der Waals surface area contributed by atoms with Crippen molar-refractivity contribution in [2.75, 3.05) is 42.9 Å². The molecular weight excluding hydrogens is 422 g/mol. The van der Waals surface area contributed by atoms with Gasteiger partial charge < -0.3 is 14.6 Å². The van der Waals surface area contributed by atoms with Gasteiger partial charge in [-0.1, -0.05) is 12.1 Å². The van der Waals surface area contributed by atoms with Crippen LogP contribution in [0, 0.1) is 5.92 Å². The van der Waals surface area contributed by atoms with E-state index in [1.54, 1.807) is 29.9 Å². The van der Waals surface area contributed by atoms with Gasteiger partial charge in [0.2, 0.25) is 5.88 Å². The molecule has 2 N–H and O–H groups in total. The fourth-order valence-electron chi connectivity index (χ4n) is 4.93. The normalized spacial score (nSPS) is 22.2. The molecule has 3 aromatic rings. The summed E-state index contributed by atoms with van der Waals surface area (Å²) in [6.07, 6.45) is 7.31. The number of aromatic nitrogens is 1. The number of benzene rings is 1. The minimum Gasteiger partial charge on any atom is -0.449 e. The number of carbonyl (C=O) groups excluding carboxylic acids is 1. The maximum Gasteiger partial charge on any atom is 0.321 e. The van der Waals surface area contributed by atoms with Crippen molar-refractivity contribution >= 4 is 39.4 Å². The van der Waals surface area contributed by atoms with Gasteiger partial charge in [-0.15, -0.1) is 0 Å². The minimum absolute atomic E-state index is 0.172. The third-order valence-electron chi connectivity index (χ3n) is 6.82. The third-order valence-corrected chi connectivity index (χ3v) is 7.64. The molecule has 7 nitrogen and oxygen atoms in total. The predicted molar refractivity (Wildman–Crippen MR) is 129 cm³/mol. The van der Waals surface area contributed by atoms with Crippen molar-refractivity contribution in [1.29, 1.82) is 0 Å². The average molecular weight is 454 g/mol. The Kier molecular flexibility index (Phi) is 6.59. The Bertz CT molecular complexity index is 1000. The van der Waals surface area contributed by atoms with Gasteiger partial charge in [0, 0.05) is 43.7 Å². The first-order valence-electron chi connectivity index (χ1n) is 11.7. The molecule has 3 heterocycles. The van der Waals surface area contributed by atoms with E-state index in [-0.39, 0.29) is 12.1 Å². The fourth-order valence-corrected chi connectivity index (χ4v) is 5.72. The lowest BCUT2D eigenvalue weighted by Crippen LogP contribution is -2.47. The molecule has 8 heteroatoms. The molecule has 0 radical (unpaired) electrons. The first-order chi connectivity index (χ1) is 15.7. The maximum atomic E-state index is 12.1. The van der Waals surface area contributed by atoms with Gasteiger partial charge in [0.05, 0.1) is 11.0 Å². The molecule has 1 saturated carbocycles. The molecule has 2 aliphatic rings. The lowest BCUT2D eigenvalue weighted by Gasteiger charge is -2.36. The zero-order valence-corrected chi connectivity index (χ0v) is 19.2. The number of hydrogen-bond acceptors (Lipinski definition) is 6. The summed E-state index contributed by atoms with van der Waals surface area (Å²) >= 11 is 1.60. The lowest BCUT2D eigenvalue weighted by molar-refractivity contribution is 0.208. The van der Waals surface area contributed by atoms with E-state index in [0.717, 1.165) is 50.8 Å². The maximum absolute atomic E-state index is 12.1. The zero-order valence-electron chi connectivity index (χ0n) is 18.3. The molecule has 0 bridgehead atoms. The van der Waals surface area contributed by atoms with Gasteiger partial charge in [0.15, 0.2) is 0 Å². The van der Waals surface area contributed by atoms with Crippen molar-refractivity contribution in [2.45, 2.75) is 38.1 Å². The number of rotatable bonds is 6. The van der Waals surface area contributed by atoms with Gasteiger partial charge >= 0.3 is 6.03 Å². The number of furan rings is 1. The summed E-state index contributed by atoms with van der Waals surface area (Å²) in [6.45, 7) is 5.49. The Morgan fingerprint density at radius 1 is 1.06 bits per heavy atom. The number of anilines is 2. The highest BCUT2D eigenvalue weighted by Crippen LogP contribution is 2.30. The van der Waals surface area contributed by atoms with Crippen LogP contribution in [0.2, 0.25) is 0 Å². The highest BCUT2D eigenvalue weighted by molar-refractivity contribution is 7.13. The molecule has 1 aromatic carbocycles. The molecule has 1 aliphatic carbocycles. The van der Waals surface area contributed by atoms with Gasteiger partial charge in [0.25, 0.3) is 0 Å². The molecule has 0 atom stereocenters. The molecule has 32 heavy (non-hydrogen) atoms. The Morgan fingerprint density at radius 2 is 1.88 bits per heavy atom. The number of fused-ring (bicyclic) bond motifs is 1. The molecule has 2 aromatic heterocycles. The Hall–Kier alpha value is -2.58. The smallest absolute Gasteiger partial charge is 0.321 e. The first kappa shape index (κ1) is 21.3. The summed E-state index contributed by atoms with van der Waals surface area (Å²) in [5.74, 6) is 2.41. The van der Waals surface area contributed by atoms with Crippen LogP contribution in [-0.2, 0) is 0 Å². The van der Waals surface area contributed by atoms with E-state index in [1.807, 2.05) is 0 Å². The van der Waals surface area contributed by atoms with Crippen LogP contribution in [0.25, 0.3) is 10.1 Å². The number of nitrogens with one attached hydrogen (secondary N) is 2. The fraction of sp³-hybridized carbons (Fsp3) is 0.500. The van der Waals surface area contributed by atoms with Crippen LogP contribution in [0.3, 0.4) is 0 Å². The lowest BCUT2D eigenvalue weighted by atomic mass is 9.84. The molecule has 2 amide bonds. The number of carbonyl (C=O) groups is 1. The van der Waals surface area contributed by atoms with E-state index in [4.69, 9.17) is 8.79 Å². The second kappa shape index (κ2) is 9.92. The van der Waals surface area contributed by atoms with Crippen molar-refractivity contribution in [3.05, 3.63) is 42.7 Å². The van der Waals surface area contributed by atoms with Gasteiger partial charge in [-0.25, -0.2) is 4.79 Å². The van der Waals surface area contributed by atoms with E-state index >= 15 is 0 Å². The second-order valence-corrected chi connectivity index (χ2v) is 9.72. The summed E-state index contributed by atoms with van der Waals surface area (Å²) in [7, 11) is 0. The molecule has 0 unspecified atom stereocenters. The van der Waals surface area contributed by atoms with E-state index < -0.39 is 0 Å². The topological polar surface area (TPSA) is 73.6 Å². The molecule has 170 valence electrons. The monoisotopic (exact) mass is 453 g/mol. The van der Waals surface area contributed by atoms with E-state index in [1.165, 1.54) is 35.9 Å². The second-order valence-electron chi connectivity index (χ2n) is 8.91. The van der Waals surface area contributed by atoms with Crippen LogP contribution in [-0.4, -0.2) is 54.1 Å². The Labute approximate surface area is 192 Å². The summed E-state index contributed by atoms with van der Waals surface area (Å²) in [5.41, 5.74) is 0. The summed E-state index contributed by atoms with van der Waals surface area (Å²) < 4.78 is 11.2. The number of hydrogen-bond donors (Lipinski definition) is 2. The van der Waals surface area contributed by atoms with Gasteiger partial charge in [-0.2, -0.15) is 4.37 Å². The van der Waals surface area contributed by atoms with E-state index in [0.29, 0.717) is 5.88 Å². The number of nitrogens with zero attached hydrogens (tertiary/aromatic N) is 3. The zero-order chi connectivity index (χ0) is 21.8. The van der Waals surface area contributed by atoms with Crippen LogP contribution in [0.5, 0.6) is 0 Å². The highest BCUT2D eigenvalue weighted by atomic mass is 32.1. The van der Waals surface area contributed by atoms with Gasteiger partial charge in [-0.05, 0) is 74.3 Å². The summed E-state index contributed by atoms with van der Waals surface area (Å²) in [5, 5.41) is 7.11. The SMILES string of the molecule is O=C(Nc1ccco1)NC1CCC(CCN2CCN(c3nsc4ccccc34)CC2)CC1. The van der Waals surface area contributed by atoms with Crippen molar-refractivity contribution < 1.29 is 9.21 Å². The summed E-state index contributed by atoms with van der Waals surface area (Å²) in [4.78, 5) is 17.1. The molecule has 0 spiro atoms. The van der Waals surface area contributed by atoms with Crippen molar-refractivity contribution in [2.24, 2.45) is 5.92 Å². The molecule has 1 saturated heterocycles. The Morgan fingerprint density at radius 3 is 2.66 bits per heavy atom. The quantitative estimate of drug-likeness (QED) is 0.562. The largest absolute Gasteiger partial charge is 0.449 e.